The summed E-state index contributed by atoms with van der Waals surface area (Å²) in [6, 6.07) is 3.68. The van der Waals surface area contributed by atoms with E-state index in [4.69, 9.17) is 0 Å². The van der Waals surface area contributed by atoms with Crippen molar-refractivity contribution in [2.24, 2.45) is 0 Å². The predicted molar refractivity (Wildman–Crippen MR) is 47.0 cm³/mol. The molecule has 62 valence electrons. The number of hydrogen-bond acceptors (Lipinski definition) is 2. The van der Waals surface area contributed by atoms with Gasteiger partial charge >= 0.3 is 0 Å². The van der Waals surface area contributed by atoms with Crippen LogP contribution in [0.2, 0.25) is 0 Å². The average Bonchev–Trinajstić information content (AvgIpc) is 2.89. The summed E-state index contributed by atoms with van der Waals surface area (Å²) >= 11 is 0. The molecule has 2 aliphatic rings. The van der Waals surface area contributed by atoms with Gasteiger partial charge in [0.2, 0.25) is 0 Å². The molecule has 2 nitrogen and oxygen atoms in total. The van der Waals surface area contributed by atoms with Crippen LogP contribution in [0.4, 0.5) is 0 Å². The molecule has 0 radical (unpaired) electrons. The first kappa shape index (κ1) is 6.78. The highest BCUT2D eigenvalue weighted by Gasteiger charge is 2.30. The maximum absolute atomic E-state index is 11.4. The fourth-order valence-corrected chi connectivity index (χ4v) is 1.80. The maximum Gasteiger partial charge on any atom is 0.187 e. The van der Waals surface area contributed by atoms with Crippen molar-refractivity contribution in [1.82, 2.24) is 0 Å². The molecule has 0 aliphatic heterocycles. The zero-order valence-electron chi connectivity index (χ0n) is 6.83. The molecule has 0 spiro atoms. The Hall–Kier alpha value is -1.70. The second-order valence-corrected chi connectivity index (χ2v) is 3.36. The molecule has 0 aromatic heterocycles. The number of hydrogen-bond donors (Lipinski definition) is 0. The molecule has 1 aromatic rings. The van der Waals surface area contributed by atoms with Gasteiger partial charge in [0, 0.05) is 11.1 Å². The van der Waals surface area contributed by atoms with Crippen LogP contribution >= 0.6 is 0 Å². The molecular weight excluding hydrogens is 164 g/mol. The maximum atomic E-state index is 11.4. The molecule has 0 unspecified atom stereocenters. The molecule has 3 rings (SSSR count). The van der Waals surface area contributed by atoms with Gasteiger partial charge in [0.05, 0.1) is 0 Å². The Morgan fingerprint density at radius 1 is 1.00 bits per heavy atom. The molecule has 2 aliphatic carbocycles. The largest absolute Gasteiger partial charge is 0.289 e. The first-order valence-corrected chi connectivity index (χ1v) is 4.19. The molecule has 0 saturated carbocycles. The molecule has 1 aromatic carbocycles. The predicted octanol–water partition coefficient (Wildman–Crippen LogP) is 1.53. The molecular formula is C11H6O2. The molecule has 0 saturated heterocycles. The quantitative estimate of drug-likeness (QED) is 0.600. The summed E-state index contributed by atoms with van der Waals surface area (Å²) in [5.41, 5.74) is 3.49. The van der Waals surface area contributed by atoms with Crippen LogP contribution in [0.1, 0.15) is 31.8 Å². The van der Waals surface area contributed by atoms with Gasteiger partial charge in [0.1, 0.15) is 0 Å². The van der Waals surface area contributed by atoms with Crippen molar-refractivity contribution >= 4 is 11.6 Å². The summed E-state index contributed by atoms with van der Waals surface area (Å²) in [7, 11) is 0. The molecule has 0 heterocycles. The van der Waals surface area contributed by atoms with Crippen LogP contribution in [0.15, 0.2) is 24.3 Å². The molecule has 0 amide bonds. The van der Waals surface area contributed by atoms with E-state index in [2.05, 4.69) is 0 Å². The first-order valence-electron chi connectivity index (χ1n) is 4.19. The summed E-state index contributed by atoms with van der Waals surface area (Å²) in [6.07, 6.45) is 3.59. The van der Waals surface area contributed by atoms with E-state index in [-0.39, 0.29) is 11.6 Å². The van der Waals surface area contributed by atoms with Crippen LogP contribution in [0.3, 0.4) is 0 Å². The fraction of sp³-hybridized carbons (Fsp3) is 0.0909. The van der Waals surface area contributed by atoms with Crippen LogP contribution < -0.4 is 0 Å². The highest BCUT2D eigenvalue weighted by Crippen LogP contribution is 2.35. The standard InChI is InChI=1S/C11H6O2/c12-9-3-4-10(13)11-7(9)2-1-6-5-8(6)11/h1-4H,5H2. The lowest BCUT2D eigenvalue weighted by Crippen LogP contribution is -2.11. The van der Waals surface area contributed by atoms with Crippen molar-refractivity contribution in [3.05, 3.63) is 46.5 Å². The van der Waals surface area contributed by atoms with Crippen molar-refractivity contribution in [3.63, 3.8) is 0 Å². The number of benzene rings is 1. The van der Waals surface area contributed by atoms with Crippen LogP contribution in [-0.4, -0.2) is 11.6 Å². The first-order chi connectivity index (χ1) is 6.27. The van der Waals surface area contributed by atoms with Crippen molar-refractivity contribution in [2.45, 2.75) is 6.42 Å². The number of fused-ring (bicyclic) bond motifs is 3. The minimum atomic E-state index is -0.0516. The number of carbonyl (C=O) groups is 2. The van der Waals surface area contributed by atoms with Crippen LogP contribution in [0, 0.1) is 0 Å². The van der Waals surface area contributed by atoms with Crippen molar-refractivity contribution in [2.75, 3.05) is 0 Å². The van der Waals surface area contributed by atoms with E-state index in [1.165, 1.54) is 17.7 Å². The minimum absolute atomic E-state index is 0.0241. The molecule has 2 heteroatoms. The lowest BCUT2D eigenvalue weighted by Gasteiger charge is -2.06. The molecule has 13 heavy (non-hydrogen) atoms. The number of carbonyl (C=O) groups excluding carboxylic acids is 2. The van der Waals surface area contributed by atoms with E-state index in [1.54, 1.807) is 6.07 Å². The molecule has 0 fully saturated rings. The van der Waals surface area contributed by atoms with Gasteiger partial charge in [-0.1, -0.05) is 12.1 Å². The molecule has 0 N–H and O–H groups in total. The molecule has 0 bridgehead atoms. The zero-order chi connectivity index (χ0) is 9.00. The Kier molecular flexibility index (Phi) is 1.02. The van der Waals surface area contributed by atoms with Gasteiger partial charge in [0.15, 0.2) is 11.6 Å². The Labute approximate surface area is 74.9 Å². The third-order valence-electron chi connectivity index (χ3n) is 2.55. The molecule has 0 atom stereocenters. The second-order valence-electron chi connectivity index (χ2n) is 3.36. The number of ketones is 2. The number of allylic oxidation sites excluding steroid dienone is 2. The monoisotopic (exact) mass is 170 g/mol. The van der Waals surface area contributed by atoms with E-state index in [9.17, 15) is 9.59 Å². The second kappa shape index (κ2) is 1.96. The van der Waals surface area contributed by atoms with Gasteiger partial charge in [-0.15, -0.1) is 0 Å². The Bertz CT molecular complexity index is 481. The van der Waals surface area contributed by atoms with Gasteiger partial charge < -0.3 is 0 Å². The van der Waals surface area contributed by atoms with E-state index >= 15 is 0 Å². The van der Waals surface area contributed by atoms with Crippen LogP contribution in [-0.2, 0) is 6.42 Å². The lowest BCUT2D eigenvalue weighted by molar-refractivity contribution is 0.0994. The Morgan fingerprint density at radius 3 is 2.62 bits per heavy atom. The topological polar surface area (TPSA) is 34.1 Å². The fourth-order valence-electron chi connectivity index (χ4n) is 1.80. The SMILES string of the molecule is O=C1C=CC(=O)c2c1ccc1c2C1. The average molecular weight is 170 g/mol. The Balaban J connectivity index is 2.36. The van der Waals surface area contributed by atoms with E-state index in [0.29, 0.717) is 11.1 Å². The van der Waals surface area contributed by atoms with Gasteiger partial charge in [0.25, 0.3) is 0 Å². The van der Waals surface area contributed by atoms with E-state index in [1.807, 2.05) is 6.07 Å². The minimum Gasteiger partial charge on any atom is -0.289 e. The summed E-state index contributed by atoms with van der Waals surface area (Å²) in [5, 5.41) is 0. The third-order valence-corrected chi connectivity index (χ3v) is 2.55. The van der Waals surface area contributed by atoms with Crippen LogP contribution in [0.25, 0.3) is 0 Å². The number of rotatable bonds is 0. The summed E-state index contributed by atoms with van der Waals surface area (Å²) in [5.74, 6) is -0.0757. The summed E-state index contributed by atoms with van der Waals surface area (Å²) in [4.78, 5) is 22.8. The van der Waals surface area contributed by atoms with E-state index < -0.39 is 0 Å². The van der Waals surface area contributed by atoms with Crippen molar-refractivity contribution in [3.8, 4) is 0 Å². The zero-order valence-corrected chi connectivity index (χ0v) is 6.83. The van der Waals surface area contributed by atoms with Gasteiger partial charge in [-0.25, -0.2) is 0 Å². The third kappa shape index (κ3) is 0.773. The van der Waals surface area contributed by atoms with E-state index in [0.717, 1.165) is 12.0 Å². The lowest BCUT2D eigenvalue weighted by atomic mass is 9.95. The Morgan fingerprint density at radius 2 is 1.77 bits per heavy atom. The smallest absolute Gasteiger partial charge is 0.187 e. The normalized spacial score (nSPS) is 16.9. The van der Waals surface area contributed by atoms with Crippen molar-refractivity contribution < 1.29 is 9.59 Å². The van der Waals surface area contributed by atoms with Gasteiger partial charge in [-0.2, -0.15) is 0 Å². The van der Waals surface area contributed by atoms with Crippen LogP contribution in [0.5, 0.6) is 0 Å². The van der Waals surface area contributed by atoms with Gasteiger partial charge in [-0.05, 0) is 29.7 Å². The van der Waals surface area contributed by atoms with Gasteiger partial charge in [-0.3, -0.25) is 9.59 Å². The highest BCUT2D eigenvalue weighted by atomic mass is 16.1. The summed E-state index contributed by atoms with van der Waals surface area (Å²) < 4.78 is 0. The summed E-state index contributed by atoms with van der Waals surface area (Å²) in [6.45, 7) is 0. The van der Waals surface area contributed by atoms with Crippen molar-refractivity contribution in [1.29, 1.82) is 0 Å². The highest BCUT2D eigenvalue weighted by molar-refractivity contribution is 6.23.